The summed E-state index contributed by atoms with van der Waals surface area (Å²) in [5.41, 5.74) is 0. The molecule has 4 nitrogen and oxygen atoms in total. The lowest BCUT2D eigenvalue weighted by atomic mass is 10.4. The van der Waals surface area contributed by atoms with Crippen molar-refractivity contribution in [3.05, 3.63) is 0 Å². The molecule has 0 aromatic rings. The monoisotopic (exact) mass is 201 g/mol. The number of ether oxygens (including phenoxy) is 1. The Hall–Kier alpha value is -0.160. The fraction of sp³-hybridized carbons (Fsp3) is 1.00. The Morgan fingerprint density at radius 3 is 2.00 bits per heavy atom. The molecule has 0 spiro atoms. The van der Waals surface area contributed by atoms with Crippen LogP contribution in [-0.2, 0) is 4.74 Å². The molecule has 2 fully saturated rings. The highest BCUT2D eigenvalue weighted by atomic mass is 16.5. The second kappa shape index (κ2) is 9.40. The minimum Gasteiger partial charge on any atom is -0.380 e. The lowest BCUT2D eigenvalue weighted by Crippen LogP contribution is -2.21. The summed E-state index contributed by atoms with van der Waals surface area (Å²) < 4.78 is 5.13. The number of rotatable bonds is 0. The Bertz CT molecular complexity index is 68.6. The quantitative estimate of drug-likeness (QED) is 0.497. The molecule has 0 aliphatic carbocycles. The van der Waals surface area contributed by atoms with Gasteiger partial charge in [0.25, 0.3) is 0 Å². The van der Waals surface area contributed by atoms with E-state index in [2.05, 4.69) is 16.0 Å². The molecule has 0 bridgehead atoms. The fourth-order valence-electron chi connectivity index (χ4n) is 1.44. The molecule has 2 saturated heterocycles. The van der Waals surface area contributed by atoms with E-state index in [1.807, 2.05) is 0 Å². The van der Waals surface area contributed by atoms with Crippen LogP contribution < -0.4 is 16.0 Å². The SMILES string of the molecule is C1CNCCNC1.C1CNCCOC1. The summed E-state index contributed by atoms with van der Waals surface area (Å²) in [5, 5.41) is 9.79. The van der Waals surface area contributed by atoms with Gasteiger partial charge in [-0.2, -0.15) is 0 Å². The van der Waals surface area contributed by atoms with E-state index in [0.29, 0.717) is 0 Å². The average Bonchev–Trinajstić information content (AvgIpc) is 2.68. The zero-order chi connectivity index (χ0) is 9.90. The molecule has 0 radical (unpaired) electrons. The Kier molecular flexibility index (Phi) is 8.00. The van der Waals surface area contributed by atoms with Gasteiger partial charge in [-0.05, 0) is 32.5 Å². The van der Waals surface area contributed by atoms with Crippen molar-refractivity contribution in [2.24, 2.45) is 0 Å². The Morgan fingerprint density at radius 2 is 1.21 bits per heavy atom. The summed E-state index contributed by atoms with van der Waals surface area (Å²) in [7, 11) is 0. The summed E-state index contributed by atoms with van der Waals surface area (Å²) in [4.78, 5) is 0. The largest absolute Gasteiger partial charge is 0.380 e. The molecule has 84 valence electrons. The lowest BCUT2D eigenvalue weighted by Gasteiger charge is -1.92. The highest BCUT2D eigenvalue weighted by Crippen LogP contribution is 1.83. The summed E-state index contributed by atoms with van der Waals surface area (Å²) >= 11 is 0. The number of hydrogen-bond donors (Lipinski definition) is 3. The highest BCUT2D eigenvalue weighted by molar-refractivity contribution is 4.58. The molecule has 0 amide bonds. The third-order valence-electron chi connectivity index (χ3n) is 2.25. The number of hydrogen-bond acceptors (Lipinski definition) is 4. The Labute approximate surface area is 86.8 Å². The lowest BCUT2D eigenvalue weighted by molar-refractivity contribution is 0.151. The molecular weight excluding hydrogens is 178 g/mol. The predicted octanol–water partition coefficient (Wildman–Crippen LogP) is -0.434. The van der Waals surface area contributed by atoms with Crippen LogP contribution in [0.2, 0.25) is 0 Å². The Balaban J connectivity index is 0.000000140. The third-order valence-corrected chi connectivity index (χ3v) is 2.25. The van der Waals surface area contributed by atoms with E-state index in [4.69, 9.17) is 4.74 Å². The smallest absolute Gasteiger partial charge is 0.0590 e. The molecule has 0 aromatic heterocycles. The molecular formula is C10H23N3O. The second-order valence-electron chi connectivity index (χ2n) is 3.57. The van der Waals surface area contributed by atoms with Crippen molar-refractivity contribution in [3.63, 3.8) is 0 Å². The van der Waals surface area contributed by atoms with Crippen LogP contribution in [0.15, 0.2) is 0 Å². The molecule has 2 aliphatic rings. The summed E-state index contributed by atoms with van der Waals surface area (Å²) in [6.45, 7) is 8.63. The molecule has 2 aliphatic heterocycles. The van der Waals surface area contributed by atoms with Gasteiger partial charge in [-0.15, -0.1) is 0 Å². The summed E-state index contributed by atoms with van der Waals surface area (Å²) in [6.07, 6.45) is 2.44. The van der Waals surface area contributed by atoms with Crippen molar-refractivity contribution in [2.45, 2.75) is 12.8 Å². The molecule has 2 heterocycles. The van der Waals surface area contributed by atoms with Crippen LogP contribution in [0.5, 0.6) is 0 Å². The molecule has 2 rings (SSSR count). The van der Waals surface area contributed by atoms with Gasteiger partial charge in [0, 0.05) is 26.2 Å². The van der Waals surface area contributed by atoms with E-state index in [-0.39, 0.29) is 0 Å². The van der Waals surface area contributed by atoms with Gasteiger partial charge in [0.05, 0.1) is 6.61 Å². The fourth-order valence-corrected chi connectivity index (χ4v) is 1.44. The molecule has 4 heteroatoms. The van der Waals surface area contributed by atoms with Gasteiger partial charge in [0.15, 0.2) is 0 Å². The van der Waals surface area contributed by atoms with E-state index in [1.54, 1.807) is 0 Å². The van der Waals surface area contributed by atoms with Crippen molar-refractivity contribution in [1.29, 1.82) is 0 Å². The average molecular weight is 201 g/mol. The molecule has 14 heavy (non-hydrogen) atoms. The van der Waals surface area contributed by atoms with E-state index in [0.717, 1.165) is 39.4 Å². The van der Waals surface area contributed by atoms with Crippen molar-refractivity contribution < 1.29 is 4.74 Å². The zero-order valence-electron chi connectivity index (χ0n) is 8.98. The molecule has 0 saturated carbocycles. The maximum absolute atomic E-state index is 5.13. The Morgan fingerprint density at radius 1 is 0.571 bits per heavy atom. The van der Waals surface area contributed by atoms with Crippen LogP contribution in [0, 0.1) is 0 Å². The first-order valence-electron chi connectivity index (χ1n) is 5.70. The van der Waals surface area contributed by atoms with Crippen LogP contribution in [0.3, 0.4) is 0 Å². The van der Waals surface area contributed by atoms with Gasteiger partial charge in [0.1, 0.15) is 0 Å². The van der Waals surface area contributed by atoms with Gasteiger partial charge < -0.3 is 20.7 Å². The van der Waals surface area contributed by atoms with Crippen molar-refractivity contribution in [2.75, 3.05) is 52.5 Å². The first kappa shape index (κ1) is 11.9. The van der Waals surface area contributed by atoms with Crippen molar-refractivity contribution in [3.8, 4) is 0 Å². The van der Waals surface area contributed by atoms with Gasteiger partial charge in [-0.3, -0.25) is 0 Å². The summed E-state index contributed by atoms with van der Waals surface area (Å²) in [6, 6.07) is 0. The van der Waals surface area contributed by atoms with Crippen molar-refractivity contribution in [1.82, 2.24) is 16.0 Å². The van der Waals surface area contributed by atoms with Crippen LogP contribution in [0.1, 0.15) is 12.8 Å². The predicted molar refractivity (Wildman–Crippen MR) is 58.7 cm³/mol. The van der Waals surface area contributed by atoms with Crippen LogP contribution in [0.4, 0.5) is 0 Å². The maximum atomic E-state index is 5.13. The van der Waals surface area contributed by atoms with Crippen molar-refractivity contribution >= 4 is 0 Å². The van der Waals surface area contributed by atoms with Gasteiger partial charge in [-0.1, -0.05) is 0 Å². The molecule has 0 aromatic carbocycles. The topological polar surface area (TPSA) is 45.3 Å². The minimum atomic E-state index is 0.889. The summed E-state index contributed by atoms with van der Waals surface area (Å²) in [5.74, 6) is 0. The molecule has 0 atom stereocenters. The second-order valence-corrected chi connectivity index (χ2v) is 3.57. The van der Waals surface area contributed by atoms with Crippen LogP contribution in [-0.4, -0.2) is 52.5 Å². The van der Waals surface area contributed by atoms with Crippen LogP contribution >= 0.6 is 0 Å². The zero-order valence-corrected chi connectivity index (χ0v) is 8.98. The van der Waals surface area contributed by atoms with E-state index in [1.165, 1.54) is 25.9 Å². The van der Waals surface area contributed by atoms with E-state index < -0.39 is 0 Å². The van der Waals surface area contributed by atoms with E-state index >= 15 is 0 Å². The molecule has 0 unspecified atom stereocenters. The highest BCUT2D eigenvalue weighted by Gasteiger charge is 1.93. The number of nitrogens with one attached hydrogen (secondary N) is 3. The van der Waals surface area contributed by atoms with E-state index in [9.17, 15) is 0 Å². The first-order chi connectivity index (χ1) is 7.00. The third kappa shape index (κ3) is 7.26. The van der Waals surface area contributed by atoms with Crippen LogP contribution in [0.25, 0.3) is 0 Å². The maximum Gasteiger partial charge on any atom is 0.0590 e. The van der Waals surface area contributed by atoms with Gasteiger partial charge in [-0.25, -0.2) is 0 Å². The minimum absolute atomic E-state index is 0.889. The standard InChI is InChI=1S/C5H12N2.C5H11NO/c1-2-6-4-5-7-3-1;1-2-6-3-5-7-4-1/h6-7H,1-5H2;6H,1-5H2. The molecule has 3 N–H and O–H groups in total. The normalized spacial score (nSPS) is 24.0. The first-order valence-corrected chi connectivity index (χ1v) is 5.70. The van der Waals surface area contributed by atoms with Gasteiger partial charge >= 0.3 is 0 Å². The van der Waals surface area contributed by atoms with Gasteiger partial charge in [0.2, 0.25) is 0 Å².